The third-order valence-corrected chi connectivity index (χ3v) is 3.46. The van der Waals surface area contributed by atoms with Gasteiger partial charge in [-0.25, -0.2) is 0 Å². The quantitative estimate of drug-likeness (QED) is 0.819. The number of hydrogen-bond acceptors (Lipinski definition) is 2. The lowest BCUT2D eigenvalue weighted by molar-refractivity contribution is 0.400. The van der Waals surface area contributed by atoms with Gasteiger partial charge in [-0.1, -0.05) is 17.7 Å². The number of nitrogens with zero attached hydrogens (tertiary/aromatic N) is 1. The summed E-state index contributed by atoms with van der Waals surface area (Å²) >= 11 is 0. The van der Waals surface area contributed by atoms with Gasteiger partial charge >= 0.3 is 0 Å². The Kier molecular flexibility index (Phi) is 2.96. The van der Waals surface area contributed by atoms with Gasteiger partial charge in [0.05, 0.1) is 0 Å². The fraction of sp³-hybridized carbons (Fsp3) is 0.538. The molecule has 0 bridgehead atoms. The van der Waals surface area contributed by atoms with E-state index in [0.717, 1.165) is 6.04 Å². The molecule has 2 heteroatoms. The number of benzene rings is 1. The van der Waals surface area contributed by atoms with Gasteiger partial charge in [0.1, 0.15) is 0 Å². The molecule has 0 aromatic heterocycles. The van der Waals surface area contributed by atoms with Crippen LogP contribution in [0.3, 0.4) is 0 Å². The number of anilines is 1. The summed E-state index contributed by atoms with van der Waals surface area (Å²) in [7, 11) is 2.19. The van der Waals surface area contributed by atoms with Gasteiger partial charge in [-0.3, -0.25) is 0 Å². The number of aryl methyl sites for hydroxylation is 1. The molecule has 1 fully saturated rings. The van der Waals surface area contributed by atoms with Crippen molar-refractivity contribution < 1.29 is 0 Å². The summed E-state index contributed by atoms with van der Waals surface area (Å²) in [5, 5.41) is 0. The van der Waals surface area contributed by atoms with E-state index < -0.39 is 0 Å². The Balaban J connectivity index is 2.25. The highest BCUT2D eigenvalue weighted by Gasteiger charge is 2.23. The van der Waals surface area contributed by atoms with Crippen LogP contribution in [0.5, 0.6) is 0 Å². The summed E-state index contributed by atoms with van der Waals surface area (Å²) < 4.78 is 0. The summed E-state index contributed by atoms with van der Waals surface area (Å²) in [6, 6.07) is 7.31. The van der Waals surface area contributed by atoms with Gasteiger partial charge in [0.15, 0.2) is 0 Å². The smallest absolute Gasteiger partial charge is 0.0411 e. The van der Waals surface area contributed by atoms with Crippen LogP contribution < -0.4 is 10.6 Å². The van der Waals surface area contributed by atoms with Crippen molar-refractivity contribution in [3.05, 3.63) is 29.3 Å². The first-order chi connectivity index (χ1) is 7.22. The third-order valence-electron chi connectivity index (χ3n) is 3.46. The van der Waals surface area contributed by atoms with E-state index in [2.05, 4.69) is 37.1 Å². The molecule has 15 heavy (non-hydrogen) atoms. The Morgan fingerprint density at radius 2 is 2.13 bits per heavy atom. The van der Waals surface area contributed by atoms with Crippen LogP contribution in [0.4, 0.5) is 5.69 Å². The minimum atomic E-state index is 0.633. The normalized spacial score (nSPS) is 16.2. The molecule has 0 radical (unpaired) electrons. The Morgan fingerprint density at radius 3 is 2.67 bits per heavy atom. The van der Waals surface area contributed by atoms with Gasteiger partial charge in [-0.05, 0) is 37.8 Å². The van der Waals surface area contributed by atoms with Crippen molar-refractivity contribution in [2.45, 2.75) is 38.8 Å². The van der Waals surface area contributed by atoms with Crippen LogP contribution in [0.1, 0.15) is 30.4 Å². The van der Waals surface area contributed by atoms with Gasteiger partial charge in [0, 0.05) is 25.3 Å². The zero-order valence-electron chi connectivity index (χ0n) is 9.66. The maximum atomic E-state index is 5.79. The second-order valence-electron chi connectivity index (χ2n) is 4.53. The summed E-state index contributed by atoms with van der Waals surface area (Å²) in [6.07, 6.45) is 4.03. The highest BCUT2D eigenvalue weighted by molar-refractivity contribution is 5.55. The first-order valence-electron chi connectivity index (χ1n) is 5.75. The highest BCUT2D eigenvalue weighted by atomic mass is 15.1. The fourth-order valence-corrected chi connectivity index (χ4v) is 2.19. The van der Waals surface area contributed by atoms with Crippen molar-refractivity contribution in [2.75, 3.05) is 11.9 Å². The summed E-state index contributed by atoms with van der Waals surface area (Å²) in [5.74, 6) is 0. The molecule has 2 nitrogen and oxygen atoms in total. The minimum Gasteiger partial charge on any atom is -0.371 e. The molecule has 0 atom stereocenters. The van der Waals surface area contributed by atoms with E-state index >= 15 is 0 Å². The van der Waals surface area contributed by atoms with Crippen LogP contribution in [-0.2, 0) is 6.54 Å². The van der Waals surface area contributed by atoms with Gasteiger partial charge < -0.3 is 10.6 Å². The lowest BCUT2D eigenvalue weighted by atomic mass is 9.91. The Labute approximate surface area is 92.1 Å². The van der Waals surface area contributed by atoms with E-state index in [9.17, 15) is 0 Å². The van der Waals surface area contributed by atoms with Crippen LogP contribution in [0, 0.1) is 6.92 Å². The lowest BCUT2D eigenvalue weighted by Gasteiger charge is -2.37. The molecular formula is C13H20N2. The van der Waals surface area contributed by atoms with Crippen molar-refractivity contribution in [2.24, 2.45) is 5.73 Å². The molecule has 0 unspecified atom stereocenters. The second-order valence-corrected chi connectivity index (χ2v) is 4.53. The second kappa shape index (κ2) is 4.23. The topological polar surface area (TPSA) is 29.3 Å². The summed E-state index contributed by atoms with van der Waals surface area (Å²) in [6.45, 7) is 2.75. The Bertz CT molecular complexity index is 342. The van der Waals surface area contributed by atoms with Crippen molar-refractivity contribution >= 4 is 5.69 Å². The third kappa shape index (κ3) is 2.00. The average molecular weight is 204 g/mol. The van der Waals surface area contributed by atoms with E-state index in [4.69, 9.17) is 5.73 Å². The largest absolute Gasteiger partial charge is 0.371 e. The monoisotopic (exact) mass is 204 g/mol. The van der Waals surface area contributed by atoms with E-state index in [1.165, 1.54) is 36.1 Å². The van der Waals surface area contributed by atoms with E-state index in [1.807, 2.05) is 0 Å². The molecule has 1 saturated carbocycles. The molecule has 2 N–H and O–H groups in total. The van der Waals surface area contributed by atoms with Crippen LogP contribution in [0.2, 0.25) is 0 Å². The van der Waals surface area contributed by atoms with Crippen molar-refractivity contribution in [1.29, 1.82) is 0 Å². The van der Waals surface area contributed by atoms with Crippen LogP contribution in [0.25, 0.3) is 0 Å². The molecular weight excluding hydrogens is 184 g/mol. The standard InChI is InChI=1S/C13H20N2/c1-10-6-7-13(11(8-10)9-14)15(2)12-4-3-5-12/h6-8,12H,3-5,9,14H2,1-2H3. The molecule has 2 rings (SSSR count). The zero-order chi connectivity index (χ0) is 10.8. The molecule has 0 aliphatic heterocycles. The Morgan fingerprint density at radius 1 is 1.40 bits per heavy atom. The molecule has 1 aliphatic carbocycles. The van der Waals surface area contributed by atoms with Crippen LogP contribution in [0.15, 0.2) is 18.2 Å². The molecule has 0 spiro atoms. The minimum absolute atomic E-state index is 0.633. The van der Waals surface area contributed by atoms with E-state index in [-0.39, 0.29) is 0 Å². The molecule has 0 amide bonds. The van der Waals surface area contributed by atoms with Crippen molar-refractivity contribution in [3.63, 3.8) is 0 Å². The van der Waals surface area contributed by atoms with E-state index in [1.54, 1.807) is 0 Å². The SMILES string of the molecule is Cc1ccc(N(C)C2CCC2)c(CN)c1. The molecule has 1 aromatic carbocycles. The fourth-order valence-electron chi connectivity index (χ4n) is 2.19. The van der Waals surface area contributed by atoms with Gasteiger partial charge in [0.2, 0.25) is 0 Å². The van der Waals surface area contributed by atoms with Gasteiger partial charge in [-0.2, -0.15) is 0 Å². The average Bonchev–Trinajstić information content (AvgIpc) is 2.14. The first kappa shape index (κ1) is 10.5. The molecule has 1 aliphatic rings. The van der Waals surface area contributed by atoms with Crippen LogP contribution >= 0.6 is 0 Å². The number of rotatable bonds is 3. The predicted molar refractivity (Wildman–Crippen MR) is 65.1 cm³/mol. The predicted octanol–water partition coefficient (Wildman–Crippen LogP) is 2.44. The summed E-state index contributed by atoms with van der Waals surface area (Å²) in [4.78, 5) is 2.39. The summed E-state index contributed by atoms with van der Waals surface area (Å²) in [5.41, 5.74) is 9.66. The molecule has 0 saturated heterocycles. The number of nitrogens with two attached hydrogens (primary N) is 1. The van der Waals surface area contributed by atoms with Gasteiger partial charge in [0.25, 0.3) is 0 Å². The number of hydrogen-bond donors (Lipinski definition) is 1. The maximum absolute atomic E-state index is 5.79. The highest BCUT2D eigenvalue weighted by Crippen LogP contribution is 2.30. The van der Waals surface area contributed by atoms with Crippen LogP contribution in [-0.4, -0.2) is 13.1 Å². The lowest BCUT2D eigenvalue weighted by Crippen LogP contribution is -2.37. The maximum Gasteiger partial charge on any atom is 0.0411 e. The van der Waals surface area contributed by atoms with Crippen molar-refractivity contribution in [3.8, 4) is 0 Å². The molecule has 82 valence electrons. The van der Waals surface area contributed by atoms with Gasteiger partial charge in [-0.15, -0.1) is 0 Å². The molecule has 1 aromatic rings. The zero-order valence-corrected chi connectivity index (χ0v) is 9.66. The molecule has 0 heterocycles. The Hall–Kier alpha value is -1.02. The van der Waals surface area contributed by atoms with E-state index in [0.29, 0.717) is 6.54 Å². The first-order valence-corrected chi connectivity index (χ1v) is 5.75. The van der Waals surface area contributed by atoms with Crippen molar-refractivity contribution in [1.82, 2.24) is 0 Å².